The molecule has 1 saturated carbocycles. The van der Waals surface area contributed by atoms with E-state index in [1.54, 1.807) is 0 Å². The highest BCUT2D eigenvalue weighted by molar-refractivity contribution is 4.76. The summed E-state index contributed by atoms with van der Waals surface area (Å²) in [6, 6.07) is 0.787. The number of hydrogen-bond acceptors (Lipinski definition) is 1. The highest BCUT2D eigenvalue weighted by atomic mass is 14.9. The van der Waals surface area contributed by atoms with Crippen LogP contribution in [-0.2, 0) is 0 Å². The third-order valence-corrected chi connectivity index (χ3v) is 4.25. The van der Waals surface area contributed by atoms with E-state index in [9.17, 15) is 0 Å². The van der Waals surface area contributed by atoms with Crippen molar-refractivity contribution in [2.24, 2.45) is 11.3 Å². The predicted octanol–water partition coefficient (Wildman–Crippen LogP) is 5.15. The van der Waals surface area contributed by atoms with Crippen molar-refractivity contribution in [1.29, 1.82) is 0 Å². The molecule has 108 valence electrons. The zero-order valence-corrected chi connectivity index (χ0v) is 13.2. The summed E-state index contributed by atoms with van der Waals surface area (Å²) < 4.78 is 0. The predicted molar refractivity (Wildman–Crippen MR) is 82.0 cm³/mol. The van der Waals surface area contributed by atoms with Gasteiger partial charge in [-0.15, -0.1) is 0 Å². The first-order valence-electron chi connectivity index (χ1n) is 8.24. The standard InChI is InChI=1S/C17H35N/c1-5-13-18-16(11-8-12-17(2,3)4)14-15-9-6-7-10-15/h15-16,18H,5-14H2,1-4H3. The third-order valence-electron chi connectivity index (χ3n) is 4.25. The van der Waals surface area contributed by atoms with Gasteiger partial charge in [0, 0.05) is 6.04 Å². The maximum absolute atomic E-state index is 3.78. The molecule has 1 fully saturated rings. The van der Waals surface area contributed by atoms with Crippen LogP contribution < -0.4 is 5.32 Å². The molecule has 0 spiro atoms. The van der Waals surface area contributed by atoms with Gasteiger partial charge >= 0.3 is 0 Å². The smallest absolute Gasteiger partial charge is 0.00697 e. The minimum atomic E-state index is 0.503. The van der Waals surface area contributed by atoms with E-state index in [0.717, 1.165) is 12.0 Å². The average molecular weight is 253 g/mol. The van der Waals surface area contributed by atoms with Gasteiger partial charge in [0.1, 0.15) is 0 Å². The van der Waals surface area contributed by atoms with Crippen molar-refractivity contribution in [3.63, 3.8) is 0 Å². The van der Waals surface area contributed by atoms with Gasteiger partial charge in [-0.2, -0.15) is 0 Å². The molecule has 1 unspecified atom stereocenters. The molecule has 1 rings (SSSR count). The van der Waals surface area contributed by atoms with Crippen LogP contribution in [0.4, 0.5) is 0 Å². The van der Waals surface area contributed by atoms with E-state index in [-0.39, 0.29) is 0 Å². The molecule has 0 heterocycles. The minimum absolute atomic E-state index is 0.503. The van der Waals surface area contributed by atoms with Crippen LogP contribution in [0.3, 0.4) is 0 Å². The maximum atomic E-state index is 3.78. The molecule has 1 aliphatic carbocycles. The van der Waals surface area contributed by atoms with E-state index >= 15 is 0 Å². The largest absolute Gasteiger partial charge is 0.314 e. The van der Waals surface area contributed by atoms with Crippen molar-refractivity contribution in [2.45, 2.75) is 91.5 Å². The van der Waals surface area contributed by atoms with E-state index in [1.165, 1.54) is 64.3 Å². The Hall–Kier alpha value is -0.0400. The SMILES string of the molecule is CCCNC(CCCC(C)(C)C)CC1CCCC1. The number of nitrogens with one attached hydrogen (secondary N) is 1. The molecule has 0 aromatic heterocycles. The monoisotopic (exact) mass is 253 g/mol. The quantitative estimate of drug-likeness (QED) is 0.630. The molecule has 18 heavy (non-hydrogen) atoms. The van der Waals surface area contributed by atoms with Gasteiger partial charge in [-0.1, -0.05) is 59.8 Å². The van der Waals surface area contributed by atoms with Crippen LogP contribution in [0.2, 0.25) is 0 Å². The molecule has 1 atom stereocenters. The van der Waals surface area contributed by atoms with Crippen LogP contribution in [0.5, 0.6) is 0 Å². The summed E-state index contributed by atoms with van der Waals surface area (Å²) in [4.78, 5) is 0. The lowest BCUT2D eigenvalue weighted by atomic mass is 9.87. The molecule has 0 radical (unpaired) electrons. The molecule has 1 heteroatoms. The van der Waals surface area contributed by atoms with Gasteiger partial charge in [0.15, 0.2) is 0 Å². The Kier molecular flexibility index (Phi) is 7.29. The minimum Gasteiger partial charge on any atom is -0.314 e. The lowest BCUT2D eigenvalue weighted by molar-refractivity contribution is 0.318. The third kappa shape index (κ3) is 7.41. The molecule has 1 nitrogen and oxygen atoms in total. The first-order chi connectivity index (χ1) is 8.51. The molecule has 1 N–H and O–H groups in total. The topological polar surface area (TPSA) is 12.0 Å². The Balaban J connectivity index is 2.25. The lowest BCUT2D eigenvalue weighted by Gasteiger charge is -2.24. The highest BCUT2D eigenvalue weighted by Crippen LogP contribution is 2.30. The van der Waals surface area contributed by atoms with Gasteiger partial charge < -0.3 is 5.32 Å². The fourth-order valence-electron chi connectivity index (χ4n) is 3.18. The second kappa shape index (κ2) is 8.19. The van der Waals surface area contributed by atoms with Crippen molar-refractivity contribution in [1.82, 2.24) is 5.32 Å². The van der Waals surface area contributed by atoms with Crippen molar-refractivity contribution in [3.05, 3.63) is 0 Å². The Morgan fingerprint density at radius 1 is 1.17 bits per heavy atom. The molecule has 0 aromatic carbocycles. The Labute approximate surface area is 115 Å². The summed E-state index contributed by atoms with van der Waals surface area (Å²) in [6.07, 6.45) is 12.8. The van der Waals surface area contributed by atoms with Crippen LogP contribution in [0, 0.1) is 11.3 Å². The molecular weight excluding hydrogens is 218 g/mol. The lowest BCUT2D eigenvalue weighted by Crippen LogP contribution is -2.31. The fourth-order valence-corrected chi connectivity index (χ4v) is 3.18. The van der Waals surface area contributed by atoms with Crippen molar-refractivity contribution in [2.75, 3.05) is 6.54 Å². The average Bonchev–Trinajstić information content (AvgIpc) is 2.76. The van der Waals surface area contributed by atoms with Crippen LogP contribution in [0.1, 0.15) is 85.5 Å². The fraction of sp³-hybridized carbons (Fsp3) is 1.00. The molecule has 0 aromatic rings. The van der Waals surface area contributed by atoms with Gasteiger partial charge in [0.05, 0.1) is 0 Å². The zero-order chi connectivity index (χ0) is 13.4. The summed E-state index contributed by atoms with van der Waals surface area (Å²) >= 11 is 0. The first-order valence-corrected chi connectivity index (χ1v) is 8.24. The summed E-state index contributed by atoms with van der Waals surface area (Å²) in [7, 11) is 0. The summed E-state index contributed by atoms with van der Waals surface area (Å²) in [6.45, 7) is 10.6. The summed E-state index contributed by atoms with van der Waals surface area (Å²) in [5.74, 6) is 1.02. The van der Waals surface area contributed by atoms with E-state index in [1.807, 2.05) is 0 Å². The molecule has 0 saturated heterocycles. The van der Waals surface area contributed by atoms with Gasteiger partial charge in [-0.05, 0) is 43.6 Å². The van der Waals surface area contributed by atoms with Crippen LogP contribution in [-0.4, -0.2) is 12.6 Å². The van der Waals surface area contributed by atoms with E-state index in [0.29, 0.717) is 5.41 Å². The van der Waals surface area contributed by atoms with Crippen LogP contribution >= 0.6 is 0 Å². The van der Waals surface area contributed by atoms with E-state index in [2.05, 4.69) is 33.0 Å². The van der Waals surface area contributed by atoms with Crippen molar-refractivity contribution >= 4 is 0 Å². The highest BCUT2D eigenvalue weighted by Gasteiger charge is 2.20. The van der Waals surface area contributed by atoms with Gasteiger partial charge in [-0.3, -0.25) is 0 Å². The van der Waals surface area contributed by atoms with Crippen molar-refractivity contribution in [3.8, 4) is 0 Å². The molecular formula is C17H35N. The summed E-state index contributed by atoms with van der Waals surface area (Å²) in [5.41, 5.74) is 0.503. The Morgan fingerprint density at radius 2 is 1.83 bits per heavy atom. The van der Waals surface area contributed by atoms with Crippen LogP contribution in [0.15, 0.2) is 0 Å². The van der Waals surface area contributed by atoms with E-state index in [4.69, 9.17) is 0 Å². The summed E-state index contributed by atoms with van der Waals surface area (Å²) in [5, 5.41) is 3.78. The Bertz CT molecular complexity index is 198. The molecule has 0 bridgehead atoms. The number of rotatable bonds is 8. The molecule has 0 aliphatic heterocycles. The normalized spacial score (nSPS) is 19.3. The van der Waals surface area contributed by atoms with Gasteiger partial charge in [0.25, 0.3) is 0 Å². The van der Waals surface area contributed by atoms with E-state index < -0.39 is 0 Å². The molecule has 1 aliphatic rings. The second-order valence-corrected chi connectivity index (χ2v) is 7.49. The maximum Gasteiger partial charge on any atom is 0.00697 e. The van der Waals surface area contributed by atoms with Crippen molar-refractivity contribution < 1.29 is 0 Å². The first kappa shape index (κ1) is 16.0. The second-order valence-electron chi connectivity index (χ2n) is 7.49. The Morgan fingerprint density at radius 3 is 2.39 bits per heavy atom. The van der Waals surface area contributed by atoms with Gasteiger partial charge in [-0.25, -0.2) is 0 Å². The van der Waals surface area contributed by atoms with Crippen LogP contribution in [0.25, 0.3) is 0 Å². The van der Waals surface area contributed by atoms with Gasteiger partial charge in [0.2, 0.25) is 0 Å². The zero-order valence-electron chi connectivity index (χ0n) is 13.2. The molecule has 0 amide bonds. The number of hydrogen-bond donors (Lipinski definition) is 1.